The highest BCUT2D eigenvalue weighted by Crippen LogP contribution is 2.78. The van der Waals surface area contributed by atoms with E-state index in [1.807, 2.05) is 0 Å². The number of fused-ring (bicyclic) bond motifs is 2. The van der Waals surface area contributed by atoms with E-state index in [0.29, 0.717) is 31.4 Å². The van der Waals surface area contributed by atoms with Gasteiger partial charge in [-0.3, -0.25) is 9.69 Å². The molecule has 0 aromatic carbocycles. The smallest absolute Gasteiger partial charge is 0.237 e. The fraction of sp³-hybridized carbons (Fsp3) is 0.941. The molecule has 5 aliphatic rings. The number of ether oxygens (including phenoxy) is 2. The first-order valence-electron chi connectivity index (χ1n) is 18.3. The molecule has 0 radical (unpaired) electrons. The van der Waals surface area contributed by atoms with Crippen molar-refractivity contribution in [3.8, 4) is 6.07 Å². The highest BCUT2D eigenvalue weighted by Gasteiger charge is 2.75. The van der Waals surface area contributed by atoms with Gasteiger partial charge in [-0.2, -0.15) is 5.26 Å². The Morgan fingerprint density at radius 2 is 1.45 bits per heavy atom. The zero-order valence-corrected chi connectivity index (χ0v) is 29.1. The number of rotatable bonds is 22. The van der Waals surface area contributed by atoms with Crippen molar-refractivity contribution in [2.24, 2.45) is 17.3 Å². The second-order valence-electron chi connectivity index (χ2n) is 15.8. The van der Waals surface area contributed by atoms with Crippen LogP contribution in [0.4, 0.5) is 0 Å². The number of hydrogen-bond acceptors (Lipinski definition) is 16. The largest absolute Gasteiger partial charge is 0.394 e. The van der Waals surface area contributed by atoms with Crippen molar-refractivity contribution in [1.29, 1.82) is 5.26 Å². The number of aliphatic hydroxyl groups excluding tert-OH is 10. The van der Waals surface area contributed by atoms with Gasteiger partial charge in [0.15, 0.2) is 0 Å². The lowest BCUT2D eigenvalue weighted by molar-refractivity contribution is -0.132. The Labute approximate surface area is 298 Å². The average Bonchev–Trinajstić information content (AvgIpc) is 3.73. The van der Waals surface area contributed by atoms with Crippen LogP contribution in [0.15, 0.2) is 0 Å². The van der Waals surface area contributed by atoms with Crippen LogP contribution >= 0.6 is 0 Å². The summed E-state index contributed by atoms with van der Waals surface area (Å²) in [5, 5.41) is 112. The molecule has 4 saturated carbocycles. The Morgan fingerprint density at radius 1 is 0.843 bits per heavy atom. The number of hydrogen-bond donors (Lipinski definition) is 11. The second kappa shape index (κ2) is 16.8. The van der Waals surface area contributed by atoms with Gasteiger partial charge in [0.05, 0.1) is 63.5 Å². The first-order valence-corrected chi connectivity index (χ1v) is 18.3. The van der Waals surface area contributed by atoms with Crippen LogP contribution in [0.3, 0.4) is 0 Å². The molecule has 1 aliphatic heterocycles. The van der Waals surface area contributed by atoms with Gasteiger partial charge < -0.3 is 70.8 Å². The summed E-state index contributed by atoms with van der Waals surface area (Å²) in [7, 11) is 0. The molecule has 17 heteroatoms. The maximum atomic E-state index is 13.1. The lowest BCUT2D eigenvalue weighted by atomic mass is 9.56. The van der Waals surface area contributed by atoms with E-state index in [0.717, 1.165) is 38.5 Å². The zero-order valence-electron chi connectivity index (χ0n) is 29.1. The quantitative estimate of drug-likeness (QED) is 0.0468. The minimum Gasteiger partial charge on any atom is -0.394 e. The van der Waals surface area contributed by atoms with E-state index in [4.69, 9.17) is 19.7 Å². The Hall–Kier alpha value is -1.60. The van der Waals surface area contributed by atoms with Crippen molar-refractivity contribution >= 4 is 5.91 Å². The van der Waals surface area contributed by atoms with Gasteiger partial charge in [-0.05, 0) is 68.6 Å². The lowest BCUT2D eigenvalue weighted by Crippen LogP contribution is -2.55. The molecule has 17 nitrogen and oxygen atoms in total. The van der Waals surface area contributed by atoms with Crippen molar-refractivity contribution in [1.82, 2.24) is 15.1 Å². The molecule has 3 bridgehead atoms. The third-order valence-corrected chi connectivity index (χ3v) is 12.5. The summed E-state index contributed by atoms with van der Waals surface area (Å²) in [6, 6.07) is 1.89. The SMILES string of the molecule is N#C[C@@H]1CCCN1C(=O)CN[C@]12C[C@@H]3CC4C[C@@](OCCOCCN(C[C@H](O)[C@@H](O)[C@H](O)[C@H](O)CO)C[C@H](O)[C@@H](O)[C@H](O)[C@H](O)CO)(CC43C1)C2. The van der Waals surface area contributed by atoms with E-state index in [2.05, 4.69) is 11.4 Å². The zero-order chi connectivity index (χ0) is 37.1. The Morgan fingerprint density at radius 3 is 2.06 bits per heavy atom. The molecule has 292 valence electrons. The summed E-state index contributed by atoms with van der Waals surface area (Å²) in [4.78, 5) is 16.2. The molecule has 0 aromatic rings. The standard InChI is InChI=1S/C34H58N4O13/c35-11-22-2-1-3-38(22)27(45)12-36-32-9-20-8-21-10-33(17-32,19-34(20,21)18-32)51-7-6-50-5-4-37(13-23(41)28(46)30(48)25(43)15-39)14-24(42)29(47)31(49)26(44)16-40/h20-26,28-31,36,39-44,46-49H,1-10,12-19H2/t20-,21?,22-,23-,24-,25+,26+,28+,29+,30+,31+,32-,33-,34?/m0/s1. The van der Waals surface area contributed by atoms with Crippen molar-refractivity contribution in [3.05, 3.63) is 0 Å². The van der Waals surface area contributed by atoms with E-state index >= 15 is 0 Å². The van der Waals surface area contributed by atoms with Crippen LogP contribution in [0.1, 0.15) is 51.4 Å². The van der Waals surface area contributed by atoms with Crippen LogP contribution in [-0.2, 0) is 14.3 Å². The molecule has 5 fully saturated rings. The Bertz CT molecular complexity index is 1190. The third-order valence-electron chi connectivity index (χ3n) is 12.5. The first-order chi connectivity index (χ1) is 24.2. The maximum absolute atomic E-state index is 13.1. The number of nitriles is 1. The van der Waals surface area contributed by atoms with Crippen LogP contribution in [0.25, 0.3) is 0 Å². The number of carbonyl (C=O) groups excluding carboxylic acids is 1. The molecule has 1 spiro atoms. The monoisotopic (exact) mass is 730 g/mol. The fourth-order valence-corrected chi connectivity index (χ4v) is 10.0. The van der Waals surface area contributed by atoms with Crippen LogP contribution < -0.4 is 5.32 Å². The van der Waals surface area contributed by atoms with Gasteiger partial charge in [-0.15, -0.1) is 0 Å². The predicted octanol–water partition coefficient (Wildman–Crippen LogP) is -4.61. The number of nitrogens with zero attached hydrogens (tertiary/aromatic N) is 3. The van der Waals surface area contributed by atoms with E-state index in [1.165, 1.54) is 11.3 Å². The first kappa shape index (κ1) is 40.6. The van der Waals surface area contributed by atoms with Gasteiger partial charge in [0.1, 0.15) is 42.7 Å². The predicted molar refractivity (Wildman–Crippen MR) is 176 cm³/mol. The third kappa shape index (κ3) is 8.55. The van der Waals surface area contributed by atoms with Gasteiger partial charge in [-0.1, -0.05) is 0 Å². The topological polar surface area (TPSA) is 280 Å². The normalized spacial score (nSPS) is 35.5. The minimum absolute atomic E-state index is 0.0287. The molecule has 2 unspecified atom stereocenters. The summed E-state index contributed by atoms with van der Waals surface area (Å²) in [5.74, 6) is 1.18. The fourth-order valence-electron chi connectivity index (χ4n) is 10.0. The molecule has 1 heterocycles. The average molecular weight is 731 g/mol. The van der Waals surface area contributed by atoms with Crippen molar-refractivity contribution in [3.63, 3.8) is 0 Å². The summed E-state index contributed by atoms with van der Waals surface area (Å²) in [5.41, 5.74) is -0.286. The Kier molecular flexibility index (Phi) is 13.4. The second-order valence-corrected chi connectivity index (χ2v) is 15.8. The van der Waals surface area contributed by atoms with Gasteiger partial charge in [0.25, 0.3) is 0 Å². The van der Waals surface area contributed by atoms with Gasteiger partial charge in [0, 0.05) is 31.7 Å². The number of nitrogens with one attached hydrogen (secondary N) is 1. The molecular weight excluding hydrogens is 672 g/mol. The molecule has 1 saturated heterocycles. The van der Waals surface area contributed by atoms with Crippen molar-refractivity contribution in [2.75, 3.05) is 65.8 Å². The number of aliphatic hydroxyl groups is 10. The van der Waals surface area contributed by atoms with E-state index in [1.54, 1.807) is 4.90 Å². The molecule has 5 rings (SSSR count). The minimum atomic E-state index is -1.87. The molecule has 11 N–H and O–H groups in total. The van der Waals surface area contributed by atoms with Crippen LogP contribution in [0, 0.1) is 28.6 Å². The number of carbonyl (C=O) groups is 1. The highest BCUT2D eigenvalue weighted by molar-refractivity contribution is 5.79. The lowest BCUT2D eigenvalue weighted by Gasteiger charge is -2.50. The molecule has 14 atom stereocenters. The summed E-state index contributed by atoms with van der Waals surface area (Å²) in [6.07, 6.45) is -6.71. The highest BCUT2D eigenvalue weighted by atomic mass is 16.5. The van der Waals surface area contributed by atoms with Crippen LogP contribution in [0.2, 0.25) is 0 Å². The molecule has 4 aliphatic carbocycles. The van der Waals surface area contributed by atoms with Gasteiger partial charge >= 0.3 is 0 Å². The molecule has 51 heavy (non-hydrogen) atoms. The van der Waals surface area contributed by atoms with E-state index in [-0.39, 0.29) is 67.9 Å². The summed E-state index contributed by atoms with van der Waals surface area (Å²) >= 11 is 0. The number of likely N-dealkylation sites (tertiary alicyclic amines) is 1. The van der Waals surface area contributed by atoms with Crippen molar-refractivity contribution < 1.29 is 65.3 Å². The molecular formula is C34H58N4O13. The van der Waals surface area contributed by atoms with Gasteiger partial charge in [0.2, 0.25) is 5.91 Å². The van der Waals surface area contributed by atoms with Crippen molar-refractivity contribution in [2.45, 2.75) is 117 Å². The van der Waals surface area contributed by atoms with Crippen LogP contribution in [-0.4, -0.2) is 199 Å². The summed E-state index contributed by atoms with van der Waals surface area (Å²) < 4.78 is 12.5. The molecule has 1 amide bonds. The number of amides is 1. The Balaban J connectivity index is 1.12. The van der Waals surface area contributed by atoms with Gasteiger partial charge in [-0.25, -0.2) is 0 Å². The van der Waals surface area contributed by atoms with Crippen LogP contribution in [0.5, 0.6) is 0 Å². The summed E-state index contributed by atoms with van der Waals surface area (Å²) in [6.45, 7) is -1.00. The van der Waals surface area contributed by atoms with E-state index in [9.17, 15) is 50.9 Å². The van der Waals surface area contributed by atoms with E-state index < -0.39 is 62.0 Å². The maximum Gasteiger partial charge on any atom is 0.237 e. The molecule has 0 aromatic heterocycles.